The van der Waals surface area contributed by atoms with E-state index in [2.05, 4.69) is 40.4 Å². The van der Waals surface area contributed by atoms with Crippen molar-refractivity contribution in [1.82, 2.24) is 15.2 Å². The molecule has 4 N–H and O–H groups in total. The summed E-state index contributed by atoms with van der Waals surface area (Å²) in [5.41, 5.74) is 8.90. The van der Waals surface area contributed by atoms with E-state index >= 15 is 0 Å². The molecule has 0 aliphatic heterocycles. The van der Waals surface area contributed by atoms with Crippen molar-refractivity contribution in [1.29, 1.82) is 0 Å². The monoisotopic (exact) mass is 301 g/mol. The molecular weight excluding hydrogens is 274 g/mol. The third kappa shape index (κ3) is 2.95. The Morgan fingerprint density at radius 3 is 2.73 bits per heavy atom. The van der Waals surface area contributed by atoms with Gasteiger partial charge in [0, 0.05) is 11.7 Å². The number of hydrogen-bond acceptors (Lipinski definition) is 4. The Labute approximate surface area is 132 Å². The van der Waals surface area contributed by atoms with Crippen LogP contribution in [-0.2, 0) is 0 Å². The SMILES string of the molecule is Cc1cc(C)c2c(N[C@@H](C)C3CCC(CN)CC3)n[nH]c2n1. The Morgan fingerprint density at radius 2 is 2.05 bits per heavy atom. The van der Waals surface area contributed by atoms with E-state index in [1.54, 1.807) is 0 Å². The zero-order chi connectivity index (χ0) is 15.7. The summed E-state index contributed by atoms with van der Waals surface area (Å²) in [5.74, 6) is 2.37. The molecule has 120 valence electrons. The second-order valence-corrected chi connectivity index (χ2v) is 6.83. The number of anilines is 1. The number of hydrogen-bond donors (Lipinski definition) is 3. The molecule has 0 spiro atoms. The first-order valence-corrected chi connectivity index (χ1v) is 8.37. The maximum atomic E-state index is 5.79. The van der Waals surface area contributed by atoms with Crippen LogP contribution >= 0.6 is 0 Å². The largest absolute Gasteiger partial charge is 0.365 e. The second-order valence-electron chi connectivity index (χ2n) is 6.83. The molecule has 0 unspecified atom stereocenters. The van der Waals surface area contributed by atoms with Gasteiger partial charge in [-0.2, -0.15) is 5.10 Å². The number of nitrogens with one attached hydrogen (secondary N) is 2. The van der Waals surface area contributed by atoms with E-state index in [1.807, 2.05) is 6.92 Å². The Hall–Kier alpha value is -1.62. The van der Waals surface area contributed by atoms with Gasteiger partial charge in [-0.1, -0.05) is 0 Å². The number of aromatic nitrogens is 3. The topological polar surface area (TPSA) is 79.6 Å². The fraction of sp³-hybridized carbons (Fsp3) is 0.647. The van der Waals surface area contributed by atoms with Crippen molar-refractivity contribution in [2.45, 2.75) is 52.5 Å². The molecule has 0 bridgehead atoms. The van der Waals surface area contributed by atoms with Gasteiger partial charge < -0.3 is 11.1 Å². The molecule has 2 heterocycles. The summed E-state index contributed by atoms with van der Waals surface area (Å²) >= 11 is 0. The van der Waals surface area contributed by atoms with Gasteiger partial charge in [-0.25, -0.2) is 4.98 Å². The fourth-order valence-corrected chi connectivity index (χ4v) is 3.74. The van der Waals surface area contributed by atoms with Crippen molar-refractivity contribution in [3.05, 3.63) is 17.3 Å². The maximum Gasteiger partial charge on any atom is 0.157 e. The molecule has 0 saturated heterocycles. The number of fused-ring (bicyclic) bond motifs is 1. The first-order valence-electron chi connectivity index (χ1n) is 8.37. The Bertz CT molecular complexity index is 640. The van der Waals surface area contributed by atoms with Crippen LogP contribution in [0, 0.1) is 25.7 Å². The molecule has 0 radical (unpaired) electrons. The lowest BCUT2D eigenvalue weighted by molar-refractivity contribution is 0.261. The third-order valence-corrected chi connectivity index (χ3v) is 5.15. The van der Waals surface area contributed by atoms with E-state index in [4.69, 9.17) is 5.73 Å². The van der Waals surface area contributed by atoms with E-state index in [0.29, 0.717) is 12.0 Å². The van der Waals surface area contributed by atoms with Crippen molar-refractivity contribution in [2.75, 3.05) is 11.9 Å². The maximum absolute atomic E-state index is 5.79. The van der Waals surface area contributed by atoms with Crippen molar-refractivity contribution >= 4 is 16.9 Å². The molecule has 2 aromatic heterocycles. The minimum atomic E-state index is 0.422. The van der Waals surface area contributed by atoms with E-state index in [0.717, 1.165) is 35.0 Å². The summed E-state index contributed by atoms with van der Waals surface area (Å²) in [5, 5.41) is 12.2. The molecule has 1 fully saturated rings. The van der Waals surface area contributed by atoms with Gasteiger partial charge in [0.1, 0.15) is 0 Å². The summed E-state index contributed by atoms with van der Waals surface area (Å²) < 4.78 is 0. The third-order valence-electron chi connectivity index (χ3n) is 5.15. The number of aromatic amines is 1. The smallest absolute Gasteiger partial charge is 0.157 e. The number of nitrogens with two attached hydrogens (primary N) is 1. The van der Waals surface area contributed by atoms with E-state index in [9.17, 15) is 0 Å². The van der Waals surface area contributed by atoms with Crippen molar-refractivity contribution < 1.29 is 0 Å². The summed E-state index contributed by atoms with van der Waals surface area (Å²) in [6, 6.07) is 2.53. The fourth-order valence-electron chi connectivity index (χ4n) is 3.74. The van der Waals surface area contributed by atoms with Gasteiger partial charge in [0.2, 0.25) is 0 Å². The van der Waals surface area contributed by atoms with Crippen LogP contribution < -0.4 is 11.1 Å². The van der Waals surface area contributed by atoms with Crippen LogP contribution in [0.1, 0.15) is 43.9 Å². The molecule has 2 aromatic rings. The summed E-state index contributed by atoms with van der Waals surface area (Å²) in [4.78, 5) is 4.53. The minimum absolute atomic E-state index is 0.422. The Balaban J connectivity index is 1.73. The van der Waals surface area contributed by atoms with Crippen LogP contribution in [0.4, 0.5) is 5.82 Å². The van der Waals surface area contributed by atoms with Gasteiger partial charge in [0.05, 0.1) is 5.39 Å². The highest BCUT2D eigenvalue weighted by Gasteiger charge is 2.25. The zero-order valence-corrected chi connectivity index (χ0v) is 13.8. The van der Waals surface area contributed by atoms with E-state index < -0.39 is 0 Å². The molecule has 0 aromatic carbocycles. The first kappa shape index (κ1) is 15.3. The highest BCUT2D eigenvalue weighted by atomic mass is 15.2. The quantitative estimate of drug-likeness (QED) is 0.810. The average molecular weight is 301 g/mol. The number of nitrogens with zero attached hydrogens (tertiary/aromatic N) is 2. The minimum Gasteiger partial charge on any atom is -0.365 e. The van der Waals surface area contributed by atoms with E-state index in [-0.39, 0.29) is 0 Å². The van der Waals surface area contributed by atoms with Crippen LogP contribution in [0.2, 0.25) is 0 Å². The molecule has 3 rings (SSSR count). The van der Waals surface area contributed by atoms with Gasteiger partial charge in [-0.15, -0.1) is 0 Å². The molecule has 0 amide bonds. The standard InChI is InChI=1S/C17H27N5/c1-10-8-11(2)19-16-15(10)17(22-21-16)20-12(3)14-6-4-13(9-18)5-7-14/h8,12-14H,4-7,9,18H2,1-3H3,(H2,19,20,21,22)/t12-,13?,14?/m0/s1. The lowest BCUT2D eigenvalue weighted by Gasteiger charge is -2.32. The lowest BCUT2D eigenvalue weighted by Crippen LogP contribution is -2.31. The summed E-state index contributed by atoms with van der Waals surface area (Å²) in [7, 11) is 0. The molecule has 1 aliphatic carbocycles. The number of pyridine rings is 1. The molecular formula is C17H27N5. The van der Waals surface area contributed by atoms with Gasteiger partial charge in [-0.05, 0) is 76.5 Å². The molecule has 22 heavy (non-hydrogen) atoms. The van der Waals surface area contributed by atoms with Crippen molar-refractivity contribution in [3.63, 3.8) is 0 Å². The second kappa shape index (κ2) is 6.24. The molecule has 5 heteroatoms. The van der Waals surface area contributed by atoms with Crippen molar-refractivity contribution in [3.8, 4) is 0 Å². The van der Waals surface area contributed by atoms with Gasteiger partial charge >= 0.3 is 0 Å². The first-order chi connectivity index (χ1) is 10.6. The number of aryl methyl sites for hydroxylation is 2. The van der Waals surface area contributed by atoms with E-state index in [1.165, 1.54) is 31.2 Å². The van der Waals surface area contributed by atoms with Gasteiger partial charge in [0.15, 0.2) is 11.5 Å². The zero-order valence-electron chi connectivity index (χ0n) is 13.8. The molecule has 5 nitrogen and oxygen atoms in total. The van der Waals surface area contributed by atoms with Crippen LogP contribution in [-0.4, -0.2) is 27.8 Å². The van der Waals surface area contributed by atoms with Gasteiger partial charge in [-0.3, -0.25) is 5.10 Å². The lowest BCUT2D eigenvalue weighted by atomic mass is 9.79. The highest BCUT2D eigenvalue weighted by Crippen LogP contribution is 2.32. The predicted octanol–water partition coefficient (Wildman–Crippen LogP) is 3.14. The van der Waals surface area contributed by atoms with Crippen LogP contribution in [0.5, 0.6) is 0 Å². The highest BCUT2D eigenvalue weighted by molar-refractivity contribution is 5.90. The van der Waals surface area contributed by atoms with Crippen LogP contribution in [0.15, 0.2) is 6.07 Å². The van der Waals surface area contributed by atoms with Gasteiger partial charge in [0.25, 0.3) is 0 Å². The number of rotatable bonds is 4. The average Bonchev–Trinajstić information content (AvgIpc) is 2.90. The normalized spacial score (nSPS) is 23.6. The molecule has 1 aliphatic rings. The van der Waals surface area contributed by atoms with Crippen molar-refractivity contribution in [2.24, 2.45) is 17.6 Å². The Kier molecular flexibility index (Phi) is 4.34. The van der Waals surface area contributed by atoms with Crippen LogP contribution in [0.3, 0.4) is 0 Å². The summed E-state index contributed by atoms with van der Waals surface area (Å²) in [6.07, 6.45) is 5.03. The summed E-state index contributed by atoms with van der Waals surface area (Å²) in [6.45, 7) is 7.24. The molecule has 1 saturated carbocycles. The van der Waals surface area contributed by atoms with Crippen LogP contribution in [0.25, 0.3) is 11.0 Å². The molecule has 1 atom stereocenters. The number of H-pyrrole nitrogens is 1. The Morgan fingerprint density at radius 1 is 1.32 bits per heavy atom. The predicted molar refractivity (Wildman–Crippen MR) is 90.9 cm³/mol.